The molecule has 4 nitrogen and oxygen atoms in total. The summed E-state index contributed by atoms with van der Waals surface area (Å²) < 4.78 is 5.84. The lowest BCUT2D eigenvalue weighted by Crippen LogP contribution is -2.46. The molecule has 0 spiro atoms. The molecule has 1 aromatic heterocycles. The van der Waals surface area contributed by atoms with E-state index in [9.17, 15) is 0 Å². The zero-order valence-corrected chi connectivity index (χ0v) is 12.8. The second-order valence-electron chi connectivity index (χ2n) is 5.39. The number of para-hydroxylation sites is 3. The molecule has 0 saturated carbocycles. The number of benzene rings is 2. The highest BCUT2D eigenvalue weighted by Gasteiger charge is 2.22. The maximum atomic E-state index is 6.28. The summed E-state index contributed by atoms with van der Waals surface area (Å²) in [4.78, 5) is 9.06. The van der Waals surface area contributed by atoms with Crippen molar-refractivity contribution in [3.05, 3.63) is 53.6 Å². The van der Waals surface area contributed by atoms with Crippen LogP contribution in [0.15, 0.2) is 52.9 Å². The highest BCUT2D eigenvalue weighted by molar-refractivity contribution is 6.33. The molecule has 1 saturated heterocycles. The fraction of sp³-hybridized carbons (Fsp3) is 0.235. The Morgan fingerprint density at radius 2 is 1.55 bits per heavy atom. The highest BCUT2D eigenvalue weighted by Crippen LogP contribution is 2.28. The van der Waals surface area contributed by atoms with E-state index in [1.165, 1.54) is 0 Å². The molecule has 0 aliphatic carbocycles. The standard InChI is InChI=1S/C17H16ClN3O/c18-13-5-1-3-7-15(13)20-9-11-21(12-10-20)17-19-14-6-2-4-8-16(14)22-17/h1-8H,9-12H2. The van der Waals surface area contributed by atoms with Crippen molar-refractivity contribution in [3.8, 4) is 0 Å². The van der Waals surface area contributed by atoms with E-state index >= 15 is 0 Å². The maximum absolute atomic E-state index is 6.28. The van der Waals surface area contributed by atoms with E-state index in [2.05, 4.69) is 20.9 Å². The molecule has 4 rings (SSSR count). The van der Waals surface area contributed by atoms with Crippen LogP contribution >= 0.6 is 11.6 Å². The van der Waals surface area contributed by atoms with Crippen molar-refractivity contribution in [1.29, 1.82) is 0 Å². The molecule has 1 aliphatic heterocycles. The first-order valence-electron chi connectivity index (χ1n) is 7.41. The van der Waals surface area contributed by atoms with Gasteiger partial charge in [-0.05, 0) is 24.3 Å². The first-order chi connectivity index (χ1) is 10.8. The fourth-order valence-electron chi connectivity index (χ4n) is 2.84. The smallest absolute Gasteiger partial charge is 0.298 e. The number of halogens is 1. The molecule has 0 atom stereocenters. The SMILES string of the molecule is Clc1ccccc1N1CCN(c2nc3ccccc3o2)CC1. The van der Waals surface area contributed by atoms with E-state index in [0.29, 0.717) is 6.01 Å². The van der Waals surface area contributed by atoms with Crippen molar-refractivity contribution < 1.29 is 4.42 Å². The second kappa shape index (κ2) is 5.54. The van der Waals surface area contributed by atoms with Gasteiger partial charge in [0.2, 0.25) is 0 Å². The first-order valence-corrected chi connectivity index (χ1v) is 7.79. The number of hydrogen-bond donors (Lipinski definition) is 0. The van der Waals surface area contributed by atoms with E-state index in [0.717, 1.165) is 48.0 Å². The van der Waals surface area contributed by atoms with Gasteiger partial charge in [0, 0.05) is 26.2 Å². The largest absolute Gasteiger partial charge is 0.423 e. The molecule has 0 bridgehead atoms. The minimum absolute atomic E-state index is 0.708. The van der Waals surface area contributed by atoms with Crippen molar-refractivity contribution in [2.24, 2.45) is 0 Å². The molecule has 0 unspecified atom stereocenters. The lowest BCUT2D eigenvalue weighted by molar-refractivity contribution is 0.542. The van der Waals surface area contributed by atoms with Crippen LogP contribution in [0, 0.1) is 0 Å². The fourth-order valence-corrected chi connectivity index (χ4v) is 3.10. The Bertz CT molecular complexity index is 760. The lowest BCUT2D eigenvalue weighted by atomic mass is 10.2. The van der Waals surface area contributed by atoms with Gasteiger partial charge < -0.3 is 14.2 Å². The molecule has 2 aromatic carbocycles. The van der Waals surface area contributed by atoms with Gasteiger partial charge in [0.05, 0.1) is 10.7 Å². The van der Waals surface area contributed by atoms with Gasteiger partial charge in [-0.25, -0.2) is 0 Å². The molecule has 22 heavy (non-hydrogen) atoms. The van der Waals surface area contributed by atoms with E-state index in [1.54, 1.807) is 0 Å². The Morgan fingerprint density at radius 3 is 2.32 bits per heavy atom. The van der Waals surface area contributed by atoms with Crippen LogP contribution < -0.4 is 9.80 Å². The molecule has 2 heterocycles. The lowest BCUT2D eigenvalue weighted by Gasteiger charge is -2.35. The van der Waals surface area contributed by atoms with Gasteiger partial charge in [-0.3, -0.25) is 0 Å². The quantitative estimate of drug-likeness (QED) is 0.720. The molecule has 1 aliphatic rings. The summed E-state index contributed by atoms with van der Waals surface area (Å²) in [6.45, 7) is 3.56. The number of hydrogen-bond acceptors (Lipinski definition) is 4. The third-order valence-corrected chi connectivity index (χ3v) is 4.35. The minimum Gasteiger partial charge on any atom is -0.423 e. The number of piperazine rings is 1. The molecular weight excluding hydrogens is 298 g/mol. The Balaban J connectivity index is 1.51. The van der Waals surface area contributed by atoms with E-state index in [1.807, 2.05) is 42.5 Å². The summed E-state index contributed by atoms with van der Waals surface area (Å²) in [5, 5.41) is 0.804. The third kappa shape index (κ3) is 2.40. The third-order valence-electron chi connectivity index (χ3n) is 4.03. The summed E-state index contributed by atoms with van der Waals surface area (Å²) in [6.07, 6.45) is 0. The minimum atomic E-state index is 0.708. The molecule has 0 radical (unpaired) electrons. The highest BCUT2D eigenvalue weighted by atomic mass is 35.5. The Hall–Kier alpha value is -2.20. The summed E-state index contributed by atoms with van der Waals surface area (Å²) in [6, 6.07) is 16.6. The Kier molecular flexibility index (Phi) is 3.39. The maximum Gasteiger partial charge on any atom is 0.298 e. The predicted molar refractivity (Wildman–Crippen MR) is 89.9 cm³/mol. The predicted octanol–water partition coefficient (Wildman–Crippen LogP) is 3.81. The number of rotatable bonds is 2. The van der Waals surface area contributed by atoms with Gasteiger partial charge in [-0.15, -0.1) is 0 Å². The summed E-state index contributed by atoms with van der Waals surface area (Å²) in [7, 11) is 0. The van der Waals surface area contributed by atoms with Crippen molar-refractivity contribution in [2.75, 3.05) is 36.0 Å². The molecule has 3 aromatic rings. The molecule has 1 fully saturated rings. The van der Waals surface area contributed by atoms with Gasteiger partial charge >= 0.3 is 0 Å². The van der Waals surface area contributed by atoms with Gasteiger partial charge in [0.25, 0.3) is 6.01 Å². The van der Waals surface area contributed by atoms with Crippen molar-refractivity contribution in [2.45, 2.75) is 0 Å². The molecule has 0 N–H and O–H groups in total. The molecule has 5 heteroatoms. The molecule has 112 valence electrons. The zero-order valence-electron chi connectivity index (χ0n) is 12.1. The first kappa shape index (κ1) is 13.5. The summed E-state index contributed by atoms with van der Waals surface area (Å²) in [5.41, 5.74) is 2.85. The van der Waals surface area contributed by atoms with Crippen molar-refractivity contribution in [1.82, 2.24) is 4.98 Å². The van der Waals surface area contributed by atoms with Crippen LogP contribution in [0.3, 0.4) is 0 Å². The zero-order chi connectivity index (χ0) is 14.9. The van der Waals surface area contributed by atoms with Crippen LogP contribution in [-0.4, -0.2) is 31.2 Å². The van der Waals surface area contributed by atoms with E-state index < -0.39 is 0 Å². The monoisotopic (exact) mass is 313 g/mol. The number of nitrogens with zero attached hydrogens (tertiary/aromatic N) is 3. The van der Waals surface area contributed by atoms with E-state index in [-0.39, 0.29) is 0 Å². The Labute approximate surface area is 133 Å². The van der Waals surface area contributed by atoms with Crippen molar-refractivity contribution >= 4 is 34.4 Å². The van der Waals surface area contributed by atoms with Gasteiger partial charge in [0.1, 0.15) is 5.52 Å². The van der Waals surface area contributed by atoms with Crippen molar-refractivity contribution in [3.63, 3.8) is 0 Å². The van der Waals surface area contributed by atoms with Crippen LogP contribution in [0.2, 0.25) is 5.02 Å². The molecule has 0 amide bonds. The number of anilines is 2. The van der Waals surface area contributed by atoms with Gasteiger partial charge in [0.15, 0.2) is 5.58 Å². The van der Waals surface area contributed by atoms with Crippen LogP contribution in [0.25, 0.3) is 11.1 Å². The number of aromatic nitrogens is 1. The van der Waals surface area contributed by atoms with Crippen LogP contribution in [-0.2, 0) is 0 Å². The number of fused-ring (bicyclic) bond motifs is 1. The second-order valence-corrected chi connectivity index (χ2v) is 5.80. The number of oxazole rings is 1. The summed E-state index contributed by atoms with van der Waals surface area (Å²) >= 11 is 6.28. The molecular formula is C17H16ClN3O. The van der Waals surface area contributed by atoms with Gasteiger partial charge in [-0.1, -0.05) is 35.9 Å². The van der Waals surface area contributed by atoms with Gasteiger partial charge in [-0.2, -0.15) is 4.98 Å². The average Bonchev–Trinajstić information content (AvgIpc) is 2.99. The average molecular weight is 314 g/mol. The topological polar surface area (TPSA) is 32.5 Å². The summed E-state index contributed by atoms with van der Waals surface area (Å²) in [5.74, 6) is 0. The van der Waals surface area contributed by atoms with Crippen LogP contribution in [0.1, 0.15) is 0 Å². The normalized spacial score (nSPS) is 15.5. The van der Waals surface area contributed by atoms with E-state index in [4.69, 9.17) is 16.0 Å². The van der Waals surface area contributed by atoms with Crippen LogP contribution in [0.5, 0.6) is 0 Å². The van der Waals surface area contributed by atoms with Crippen LogP contribution in [0.4, 0.5) is 11.7 Å². The Morgan fingerprint density at radius 1 is 0.864 bits per heavy atom.